The van der Waals surface area contributed by atoms with Crippen LogP contribution in [0.5, 0.6) is 0 Å². The predicted molar refractivity (Wildman–Crippen MR) is 118 cm³/mol. The van der Waals surface area contributed by atoms with Gasteiger partial charge in [-0.1, -0.05) is 59.6 Å². The number of para-hydroxylation sites is 1. The van der Waals surface area contributed by atoms with Gasteiger partial charge in [0.25, 0.3) is 0 Å². The number of hydrogen-bond donors (Lipinski definition) is 1. The molecule has 154 valence electrons. The van der Waals surface area contributed by atoms with E-state index in [-0.39, 0.29) is 12.5 Å². The minimum absolute atomic E-state index is 0.134. The number of carbonyl (C=O) groups excluding carboxylic acids is 1. The second-order valence-corrected chi connectivity index (χ2v) is 9.21. The summed E-state index contributed by atoms with van der Waals surface area (Å²) in [4.78, 5) is 14.2. The number of piperazine rings is 1. The molecule has 1 aliphatic heterocycles. The number of hydrogen-bond acceptors (Lipinski definition) is 4. The maximum atomic E-state index is 12.5. The zero-order valence-corrected chi connectivity index (χ0v) is 17.9. The quantitative estimate of drug-likeness (QED) is 0.725. The maximum absolute atomic E-state index is 12.5. The Kier molecular flexibility index (Phi) is 7.32. The third-order valence-electron chi connectivity index (χ3n) is 4.52. The van der Waals surface area contributed by atoms with E-state index in [4.69, 9.17) is 23.2 Å². The monoisotopic (exact) mass is 453 g/mol. The van der Waals surface area contributed by atoms with Gasteiger partial charge in [0, 0.05) is 31.6 Å². The lowest BCUT2D eigenvalue weighted by Gasteiger charge is -2.32. The molecule has 29 heavy (non-hydrogen) atoms. The average molecular weight is 454 g/mol. The van der Waals surface area contributed by atoms with Gasteiger partial charge in [0.15, 0.2) is 0 Å². The summed E-state index contributed by atoms with van der Waals surface area (Å²) in [6.07, 6.45) is 1.59. The lowest BCUT2D eigenvalue weighted by Crippen LogP contribution is -2.49. The first-order valence-corrected chi connectivity index (χ1v) is 11.3. The fraction of sp³-hybridized carbons (Fsp3) is 0.250. The normalized spacial score (nSPS) is 16.2. The predicted octanol–water partition coefficient (Wildman–Crippen LogP) is 3.55. The van der Waals surface area contributed by atoms with Crippen LogP contribution in [-0.4, -0.2) is 56.3 Å². The summed E-state index contributed by atoms with van der Waals surface area (Å²) < 4.78 is 26.5. The molecule has 0 aliphatic carbocycles. The van der Waals surface area contributed by atoms with E-state index in [0.29, 0.717) is 41.9 Å². The van der Waals surface area contributed by atoms with Gasteiger partial charge in [-0.25, -0.2) is 8.42 Å². The standard InChI is InChI=1S/C20H21Cl2N3O3S/c21-17-7-4-8-18(22)20(17)23-19(26)15-24-10-12-25(13-11-24)29(27,28)14-9-16-5-2-1-3-6-16/h1-9,14H,10-13,15H2,(H,23,26). The van der Waals surface area contributed by atoms with Crippen molar-refractivity contribution in [2.75, 3.05) is 38.0 Å². The van der Waals surface area contributed by atoms with Gasteiger partial charge in [0.2, 0.25) is 15.9 Å². The lowest BCUT2D eigenvalue weighted by atomic mass is 10.2. The molecule has 2 aromatic carbocycles. The number of carbonyl (C=O) groups is 1. The van der Waals surface area contributed by atoms with Crippen molar-refractivity contribution < 1.29 is 13.2 Å². The van der Waals surface area contributed by atoms with Crippen LogP contribution in [0.25, 0.3) is 6.08 Å². The molecule has 6 nitrogen and oxygen atoms in total. The highest BCUT2D eigenvalue weighted by Crippen LogP contribution is 2.29. The van der Waals surface area contributed by atoms with E-state index < -0.39 is 10.0 Å². The largest absolute Gasteiger partial charge is 0.322 e. The summed E-state index contributed by atoms with van der Waals surface area (Å²) in [5, 5.41) is 4.68. The summed E-state index contributed by atoms with van der Waals surface area (Å²) in [6.45, 7) is 1.70. The van der Waals surface area contributed by atoms with Crippen LogP contribution in [0.4, 0.5) is 5.69 Å². The molecule has 9 heteroatoms. The third kappa shape index (κ3) is 6.04. The van der Waals surface area contributed by atoms with Crippen molar-refractivity contribution in [1.82, 2.24) is 9.21 Å². The van der Waals surface area contributed by atoms with E-state index in [1.807, 2.05) is 35.2 Å². The highest BCUT2D eigenvalue weighted by molar-refractivity contribution is 7.92. The van der Waals surface area contributed by atoms with Crippen molar-refractivity contribution in [3.8, 4) is 0 Å². The minimum atomic E-state index is -3.50. The van der Waals surface area contributed by atoms with Gasteiger partial charge in [-0.2, -0.15) is 4.31 Å². The van der Waals surface area contributed by atoms with Gasteiger partial charge in [0.05, 0.1) is 22.3 Å². The number of nitrogens with one attached hydrogen (secondary N) is 1. The summed E-state index contributed by atoms with van der Waals surface area (Å²) in [5.41, 5.74) is 1.21. The van der Waals surface area contributed by atoms with Gasteiger partial charge in [0.1, 0.15) is 0 Å². The molecular weight excluding hydrogens is 433 g/mol. The molecule has 3 rings (SSSR count). The van der Waals surface area contributed by atoms with Gasteiger partial charge in [-0.3, -0.25) is 9.69 Å². The first kappa shape index (κ1) is 21.8. The van der Waals surface area contributed by atoms with Crippen molar-refractivity contribution in [3.05, 3.63) is 69.5 Å². The Morgan fingerprint density at radius 1 is 0.966 bits per heavy atom. The Labute approximate surface area is 180 Å². The third-order valence-corrected chi connectivity index (χ3v) is 6.71. The van der Waals surface area contributed by atoms with Crippen LogP contribution in [0, 0.1) is 0 Å². The topological polar surface area (TPSA) is 69.7 Å². The summed E-state index contributed by atoms with van der Waals surface area (Å²) >= 11 is 12.1. The molecule has 1 saturated heterocycles. The van der Waals surface area contributed by atoms with E-state index in [1.54, 1.807) is 24.3 Å². The number of benzene rings is 2. The lowest BCUT2D eigenvalue weighted by molar-refractivity contribution is -0.117. The van der Waals surface area contributed by atoms with Crippen LogP contribution in [0.3, 0.4) is 0 Å². The van der Waals surface area contributed by atoms with Crippen molar-refractivity contribution in [2.45, 2.75) is 0 Å². The Balaban J connectivity index is 1.52. The number of sulfonamides is 1. The molecule has 0 spiro atoms. The first-order valence-electron chi connectivity index (χ1n) is 9.05. The summed E-state index contributed by atoms with van der Waals surface area (Å²) in [6, 6.07) is 14.3. The van der Waals surface area contributed by atoms with Crippen LogP contribution in [0.1, 0.15) is 5.56 Å². The highest BCUT2D eigenvalue weighted by atomic mass is 35.5. The molecule has 0 bridgehead atoms. The van der Waals surface area contributed by atoms with Crippen molar-refractivity contribution in [1.29, 1.82) is 0 Å². The van der Waals surface area contributed by atoms with E-state index in [0.717, 1.165) is 5.56 Å². The Bertz CT molecular complexity index is 969. The molecule has 0 radical (unpaired) electrons. The molecule has 0 atom stereocenters. The van der Waals surface area contributed by atoms with Crippen LogP contribution in [0.15, 0.2) is 53.9 Å². The Hall–Kier alpha value is -1.90. The van der Waals surface area contributed by atoms with Crippen LogP contribution in [-0.2, 0) is 14.8 Å². The fourth-order valence-electron chi connectivity index (χ4n) is 2.96. The number of anilines is 1. The van der Waals surface area contributed by atoms with Gasteiger partial charge >= 0.3 is 0 Å². The average Bonchev–Trinajstić information content (AvgIpc) is 2.71. The molecule has 0 unspecified atom stereocenters. The second kappa shape index (κ2) is 9.73. The number of rotatable bonds is 6. The molecular formula is C20H21Cl2N3O3S. The number of halogens is 2. The number of amides is 1. The van der Waals surface area contributed by atoms with Crippen molar-refractivity contribution >= 4 is 50.9 Å². The van der Waals surface area contributed by atoms with Crippen LogP contribution in [0.2, 0.25) is 10.0 Å². The molecule has 0 saturated carbocycles. The van der Waals surface area contributed by atoms with Gasteiger partial charge in [-0.05, 0) is 23.8 Å². The SMILES string of the molecule is O=C(CN1CCN(S(=O)(=O)C=Cc2ccccc2)CC1)Nc1c(Cl)cccc1Cl. The van der Waals surface area contributed by atoms with Crippen LogP contribution < -0.4 is 5.32 Å². The van der Waals surface area contributed by atoms with E-state index in [9.17, 15) is 13.2 Å². The maximum Gasteiger partial charge on any atom is 0.238 e. The number of nitrogens with zero attached hydrogens (tertiary/aromatic N) is 2. The fourth-order valence-corrected chi connectivity index (χ4v) is 4.62. The summed E-state index contributed by atoms with van der Waals surface area (Å²) in [7, 11) is -3.50. The molecule has 0 aromatic heterocycles. The van der Waals surface area contributed by atoms with Crippen LogP contribution >= 0.6 is 23.2 Å². The Morgan fingerprint density at radius 3 is 2.21 bits per heavy atom. The van der Waals surface area contributed by atoms with Gasteiger partial charge < -0.3 is 5.32 Å². The van der Waals surface area contributed by atoms with Crippen molar-refractivity contribution in [3.63, 3.8) is 0 Å². The van der Waals surface area contributed by atoms with E-state index in [1.165, 1.54) is 9.71 Å². The smallest absolute Gasteiger partial charge is 0.238 e. The molecule has 1 heterocycles. The van der Waals surface area contributed by atoms with E-state index in [2.05, 4.69) is 5.32 Å². The Morgan fingerprint density at radius 2 is 1.59 bits per heavy atom. The zero-order chi connectivity index (χ0) is 20.9. The molecule has 1 amide bonds. The second-order valence-electron chi connectivity index (χ2n) is 6.58. The first-order chi connectivity index (χ1) is 13.8. The molecule has 1 aliphatic rings. The summed E-state index contributed by atoms with van der Waals surface area (Å²) in [5.74, 6) is -0.250. The molecule has 1 N–H and O–H groups in total. The van der Waals surface area contributed by atoms with E-state index >= 15 is 0 Å². The minimum Gasteiger partial charge on any atom is -0.322 e. The van der Waals surface area contributed by atoms with Gasteiger partial charge in [-0.15, -0.1) is 0 Å². The highest BCUT2D eigenvalue weighted by Gasteiger charge is 2.26. The molecule has 2 aromatic rings. The molecule has 1 fully saturated rings. The van der Waals surface area contributed by atoms with Crippen molar-refractivity contribution in [2.24, 2.45) is 0 Å². The zero-order valence-electron chi connectivity index (χ0n) is 15.6.